The number of amides is 1. The molecule has 0 aliphatic rings. The first kappa shape index (κ1) is 13.7. The smallest absolute Gasteiger partial charge is 0.274 e. The third-order valence-electron chi connectivity index (χ3n) is 2.80. The molecule has 2 rings (SSSR count). The van der Waals surface area contributed by atoms with E-state index < -0.39 is 5.91 Å². The van der Waals surface area contributed by atoms with E-state index in [1.807, 2.05) is 0 Å². The number of hydrogen-bond acceptors (Lipinski definition) is 5. The minimum Gasteiger partial charge on any atom is -0.508 e. The fourth-order valence-corrected chi connectivity index (χ4v) is 1.70. The van der Waals surface area contributed by atoms with Crippen LogP contribution in [0.15, 0.2) is 40.0 Å². The summed E-state index contributed by atoms with van der Waals surface area (Å²) in [5.74, 6) is -0.0474. The monoisotopic (exact) mass is 274 g/mol. The van der Waals surface area contributed by atoms with E-state index in [0.29, 0.717) is 22.6 Å². The molecule has 104 valence electrons. The van der Waals surface area contributed by atoms with Crippen molar-refractivity contribution in [1.29, 1.82) is 0 Å². The van der Waals surface area contributed by atoms with Crippen molar-refractivity contribution in [2.24, 2.45) is 5.10 Å². The SMILES string of the molecule is C/C(=N\NC(=O)c1ccoc1C)c1ccc(O)cc1O. The van der Waals surface area contributed by atoms with Gasteiger partial charge in [-0.2, -0.15) is 5.10 Å². The Morgan fingerprint density at radius 1 is 1.25 bits per heavy atom. The summed E-state index contributed by atoms with van der Waals surface area (Å²) < 4.78 is 5.03. The Morgan fingerprint density at radius 3 is 2.60 bits per heavy atom. The summed E-state index contributed by atoms with van der Waals surface area (Å²) in [5.41, 5.74) is 3.62. The summed E-state index contributed by atoms with van der Waals surface area (Å²) in [6.45, 7) is 3.31. The van der Waals surface area contributed by atoms with E-state index in [0.717, 1.165) is 0 Å². The standard InChI is InChI=1S/C14H14N2O4/c1-8(11-4-3-10(17)7-13(11)18)15-16-14(19)12-5-6-20-9(12)2/h3-7,17-18H,1-2H3,(H,16,19)/b15-8+. The van der Waals surface area contributed by atoms with Gasteiger partial charge in [0.2, 0.25) is 0 Å². The molecule has 2 aromatic rings. The summed E-state index contributed by atoms with van der Waals surface area (Å²) in [6.07, 6.45) is 1.42. The second-order valence-corrected chi connectivity index (χ2v) is 4.23. The number of aryl methyl sites for hydroxylation is 1. The van der Waals surface area contributed by atoms with E-state index in [1.54, 1.807) is 19.9 Å². The van der Waals surface area contributed by atoms with Crippen LogP contribution in [-0.4, -0.2) is 21.8 Å². The lowest BCUT2D eigenvalue weighted by atomic mass is 10.1. The van der Waals surface area contributed by atoms with Gasteiger partial charge in [-0.3, -0.25) is 4.79 Å². The van der Waals surface area contributed by atoms with Gasteiger partial charge >= 0.3 is 0 Å². The average Bonchev–Trinajstić information content (AvgIpc) is 2.82. The summed E-state index contributed by atoms with van der Waals surface area (Å²) in [5, 5.41) is 22.8. The molecular weight excluding hydrogens is 260 g/mol. The van der Waals surface area contributed by atoms with E-state index in [1.165, 1.54) is 24.5 Å². The molecule has 1 aromatic heterocycles. The highest BCUT2D eigenvalue weighted by atomic mass is 16.3. The maximum Gasteiger partial charge on any atom is 0.274 e. The Kier molecular flexibility index (Phi) is 3.74. The van der Waals surface area contributed by atoms with Crippen molar-refractivity contribution in [3.05, 3.63) is 47.4 Å². The van der Waals surface area contributed by atoms with Gasteiger partial charge in [0, 0.05) is 11.6 Å². The number of benzene rings is 1. The zero-order valence-electron chi connectivity index (χ0n) is 11.0. The largest absolute Gasteiger partial charge is 0.508 e. The Labute approximate surface area is 115 Å². The van der Waals surface area contributed by atoms with Crippen molar-refractivity contribution in [3.63, 3.8) is 0 Å². The first-order valence-corrected chi connectivity index (χ1v) is 5.90. The highest BCUT2D eigenvalue weighted by Gasteiger charge is 2.11. The number of hydrogen-bond donors (Lipinski definition) is 3. The van der Waals surface area contributed by atoms with Gasteiger partial charge in [-0.05, 0) is 32.0 Å². The van der Waals surface area contributed by atoms with Gasteiger partial charge in [0.25, 0.3) is 5.91 Å². The molecule has 0 saturated heterocycles. The molecule has 0 radical (unpaired) electrons. The van der Waals surface area contributed by atoms with E-state index in [9.17, 15) is 15.0 Å². The van der Waals surface area contributed by atoms with Crippen LogP contribution < -0.4 is 5.43 Å². The molecule has 1 heterocycles. The summed E-state index contributed by atoms with van der Waals surface area (Å²) >= 11 is 0. The van der Waals surface area contributed by atoms with Gasteiger partial charge in [0.05, 0.1) is 17.5 Å². The molecule has 0 aliphatic heterocycles. The third-order valence-corrected chi connectivity index (χ3v) is 2.80. The zero-order chi connectivity index (χ0) is 14.7. The lowest BCUT2D eigenvalue weighted by Gasteiger charge is -2.05. The van der Waals surface area contributed by atoms with Crippen LogP contribution in [0.2, 0.25) is 0 Å². The molecular formula is C14H14N2O4. The molecule has 0 fully saturated rings. The van der Waals surface area contributed by atoms with Gasteiger partial charge in [-0.15, -0.1) is 0 Å². The minimum atomic E-state index is -0.395. The van der Waals surface area contributed by atoms with Crippen LogP contribution in [0.5, 0.6) is 11.5 Å². The fourth-order valence-electron chi connectivity index (χ4n) is 1.70. The lowest BCUT2D eigenvalue weighted by Crippen LogP contribution is -2.19. The number of hydrazone groups is 1. The van der Waals surface area contributed by atoms with Crippen molar-refractivity contribution in [2.75, 3.05) is 0 Å². The molecule has 1 aromatic carbocycles. The summed E-state index contributed by atoms with van der Waals surface area (Å²) in [7, 11) is 0. The second-order valence-electron chi connectivity index (χ2n) is 4.23. The number of carbonyl (C=O) groups excluding carboxylic acids is 1. The van der Waals surface area contributed by atoms with E-state index in [2.05, 4.69) is 10.5 Å². The molecule has 0 unspecified atom stereocenters. The maximum absolute atomic E-state index is 11.8. The predicted octanol–water partition coefficient (Wildman–Crippen LogP) is 2.15. The molecule has 0 bridgehead atoms. The van der Waals surface area contributed by atoms with Gasteiger partial charge in [-0.25, -0.2) is 5.43 Å². The second kappa shape index (κ2) is 5.48. The van der Waals surface area contributed by atoms with Crippen LogP contribution in [0, 0.1) is 6.92 Å². The molecule has 6 heteroatoms. The molecule has 0 aliphatic carbocycles. The van der Waals surface area contributed by atoms with E-state index >= 15 is 0 Å². The van der Waals surface area contributed by atoms with Crippen LogP contribution in [-0.2, 0) is 0 Å². The Morgan fingerprint density at radius 2 is 2.00 bits per heavy atom. The van der Waals surface area contributed by atoms with Crippen LogP contribution in [0.4, 0.5) is 0 Å². The van der Waals surface area contributed by atoms with Crippen LogP contribution in [0.3, 0.4) is 0 Å². The lowest BCUT2D eigenvalue weighted by molar-refractivity contribution is 0.0953. The number of nitrogens with zero attached hydrogens (tertiary/aromatic N) is 1. The molecule has 0 atom stereocenters. The Balaban J connectivity index is 2.15. The van der Waals surface area contributed by atoms with Gasteiger partial charge in [-0.1, -0.05) is 0 Å². The minimum absolute atomic E-state index is 0.0443. The topological polar surface area (TPSA) is 95.1 Å². The van der Waals surface area contributed by atoms with Crippen LogP contribution in [0.25, 0.3) is 0 Å². The van der Waals surface area contributed by atoms with Crippen molar-refractivity contribution in [2.45, 2.75) is 13.8 Å². The van der Waals surface area contributed by atoms with E-state index in [4.69, 9.17) is 4.42 Å². The number of phenolic OH excluding ortho intramolecular Hbond substituents is 2. The molecule has 6 nitrogen and oxygen atoms in total. The predicted molar refractivity (Wildman–Crippen MR) is 72.9 cm³/mol. The van der Waals surface area contributed by atoms with Crippen molar-refractivity contribution in [1.82, 2.24) is 5.43 Å². The number of carbonyl (C=O) groups is 1. The quantitative estimate of drug-likeness (QED) is 0.590. The number of rotatable bonds is 3. The van der Waals surface area contributed by atoms with Gasteiger partial charge in [0.15, 0.2) is 0 Å². The van der Waals surface area contributed by atoms with Crippen LogP contribution in [0.1, 0.15) is 28.6 Å². The van der Waals surface area contributed by atoms with Crippen molar-refractivity contribution in [3.8, 4) is 11.5 Å². The fraction of sp³-hybridized carbons (Fsp3) is 0.143. The highest BCUT2D eigenvalue weighted by Crippen LogP contribution is 2.23. The Hall–Kier alpha value is -2.76. The normalized spacial score (nSPS) is 11.4. The zero-order valence-corrected chi connectivity index (χ0v) is 11.0. The molecule has 3 N–H and O–H groups in total. The Bertz CT molecular complexity index is 674. The summed E-state index contributed by atoms with van der Waals surface area (Å²) in [4.78, 5) is 11.8. The number of furan rings is 1. The van der Waals surface area contributed by atoms with Crippen molar-refractivity contribution >= 4 is 11.6 Å². The first-order valence-electron chi connectivity index (χ1n) is 5.90. The maximum atomic E-state index is 11.8. The first-order chi connectivity index (χ1) is 9.49. The number of aromatic hydroxyl groups is 2. The van der Waals surface area contributed by atoms with Gasteiger partial charge < -0.3 is 14.6 Å². The van der Waals surface area contributed by atoms with Crippen molar-refractivity contribution < 1.29 is 19.4 Å². The third kappa shape index (κ3) is 2.80. The highest BCUT2D eigenvalue weighted by molar-refractivity contribution is 6.02. The summed E-state index contributed by atoms with van der Waals surface area (Å²) in [6, 6.07) is 5.69. The molecule has 20 heavy (non-hydrogen) atoms. The number of phenols is 2. The van der Waals surface area contributed by atoms with Gasteiger partial charge in [0.1, 0.15) is 17.3 Å². The number of nitrogens with one attached hydrogen (secondary N) is 1. The molecule has 0 spiro atoms. The van der Waals surface area contributed by atoms with E-state index in [-0.39, 0.29) is 11.5 Å². The molecule has 0 saturated carbocycles. The molecule has 1 amide bonds. The van der Waals surface area contributed by atoms with Crippen LogP contribution >= 0.6 is 0 Å². The average molecular weight is 274 g/mol.